The Morgan fingerprint density at radius 3 is 2.73 bits per heavy atom. The molecule has 2 aliphatic rings. The van der Waals surface area contributed by atoms with E-state index in [2.05, 4.69) is 26.3 Å². The van der Waals surface area contributed by atoms with Gasteiger partial charge in [-0.3, -0.25) is 9.36 Å². The Labute approximate surface area is 127 Å². The van der Waals surface area contributed by atoms with Crippen molar-refractivity contribution in [3.05, 3.63) is 16.3 Å². The van der Waals surface area contributed by atoms with Crippen LogP contribution in [0.4, 0.5) is 0 Å². The van der Waals surface area contributed by atoms with Crippen molar-refractivity contribution in [2.45, 2.75) is 37.3 Å². The molecular weight excluding hydrogens is 284 g/mol. The number of amides is 1. The van der Waals surface area contributed by atoms with Crippen LogP contribution in [0.1, 0.15) is 37.4 Å². The molecule has 1 N–H and O–H groups in total. The van der Waals surface area contributed by atoms with E-state index in [9.17, 15) is 9.59 Å². The Morgan fingerprint density at radius 2 is 2.18 bits per heavy atom. The molecule has 0 radical (unpaired) electrons. The summed E-state index contributed by atoms with van der Waals surface area (Å²) >= 11 is 0. The van der Waals surface area contributed by atoms with Crippen LogP contribution in [-0.2, 0) is 11.8 Å². The molecule has 0 atom stereocenters. The van der Waals surface area contributed by atoms with E-state index in [4.69, 9.17) is 6.42 Å². The minimum atomic E-state index is -0.404. The van der Waals surface area contributed by atoms with Gasteiger partial charge in [0.05, 0.1) is 5.92 Å². The van der Waals surface area contributed by atoms with Crippen LogP contribution in [0.25, 0.3) is 0 Å². The highest BCUT2D eigenvalue weighted by molar-refractivity contribution is 5.77. The zero-order valence-corrected chi connectivity index (χ0v) is 12.4. The number of aromatic amines is 1. The van der Waals surface area contributed by atoms with Gasteiger partial charge in [0.25, 0.3) is 0 Å². The van der Waals surface area contributed by atoms with Crippen molar-refractivity contribution in [2.24, 2.45) is 17.3 Å². The molecule has 0 aliphatic carbocycles. The summed E-state index contributed by atoms with van der Waals surface area (Å²) in [7, 11) is 1.68. The highest BCUT2D eigenvalue weighted by atomic mass is 16.2. The number of carbonyl (C=O) groups excluding carboxylic acids is 1. The topological polar surface area (TPSA) is 95.7 Å². The van der Waals surface area contributed by atoms with Gasteiger partial charge in [-0.05, 0) is 0 Å². The Bertz CT molecular complexity index is 698. The number of rotatable bonds is 6. The van der Waals surface area contributed by atoms with Gasteiger partial charge in [-0.1, -0.05) is 0 Å². The van der Waals surface area contributed by atoms with Gasteiger partial charge in [-0.15, -0.1) is 12.3 Å². The van der Waals surface area contributed by atoms with Gasteiger partial charge >= 0.3 is 5.69 Å². The summed E-state index contributed by atoms with van der Waals surface area (Å²) < 4.78 is 1.49. The third-order valence-corrected chi connectivity index (χ3v) is 4.31. The maximum absolute atomic E-state index is 12.1. The van der Waals surface area contributed by atoms with Crippen LogP contribution in [0.3, 0.4) is 0 Å². The lowest BCUT2D eigenvalue weighted by Gasteiger charge is -2.38. The van der Waals surface area contributed by atoms with Crippen LogP contribution in [0, 0.1) is 12.3 Å². The average molecular weight is 302 g/mol. The molecule has 0 unspecified atom stereocenters. The molecule has 22 heavy (non-hydrogen) atoms. The fourth-order valence-corrected chi connectivity index (χ4v) is 2.70. The monoisotopic (exact) mass is 302 g/mol. The van der Waals surface area contributed by atoms with E-state index >= 15 is 0 Å². The first-order valence-electron chi connectivity index (χ1n) is 7.31. The molecular formula is C14H18N6O2. The number of hydrogen-bond acceptors (Lipinski definition) is 5. The van der Waals surface area contributed by atoms with Crippen LogP contribution in [-0.4, -0.2) is 44.3 Å². The molecule has 3 heterocycles. The lowest BCUT2D eigenvalue weighted by atomic mass is 9.96. The zero-order chi connectivity index (χ0) is 15.7. The van der Waals surface area contributed by atoms with E-state index in [0.717, 1.165) is 6.42 Å². The Hall–Kier alpha value is -2.43. The van der Waals surface area contributed by atoms with Gasteiger partial charge in [0.15, 0.2) is 5.66 Å². The average Bonchev–Trinajstić information content (AvgIpc) is 3.17. The summed E-state index contributed by atoms with van der Waals surface area (Å²) in [4.78, 5) is 25.3. The largest absolute Gasteiger partial charge is 0.343 e. The van der Waals surface area contributed by atoms with E-state index < -0.39 is 5.66 Å². The third kappa shape index (κ3) is 2.66. The smallest absolute Gasteiger partial charge is 0.341 e. The van der Waals surface area contributed by atoms with Crippen LogP contribution in [0.5, 0.6) is 0 Å². The van der Waals surface area contributed by atoms with Gasteiger partial charge < -0.3 is 4.90 Å². The van der Waals surface area contributed by atoms with Gasteiger partial charge in [0.2, 0.25) is 5.91 Å². The van der Waals surface area contributed by atoms with E-state index in [0.29, 0.717) is 38.2 Å². The Balaban J connectivity index is 1.45. The molecule has 1 saturated heterocycles. The van der Waals surface area contributed by atoms with Crippen LogP contribution >= 0.6 is 0 Å². The molecule has 8 nitrogen and oxygen atoms in total. The highest BCUT2D eigenvalue weighted by Crippen LogP contribution is 2.38. The fourth-order valence-electron chi connectivity index (χ4n) is 2.70. The number of aromatic nitrogens is 3. The number of H-pyrrole nitrogens is 1. The van der Waals surface area contributed by atoms with Crippen LogP contribution < -0.4 is 5.69 Å². The molecule has 2 aliphatic heterocycles. The number of nitrogens with zero attached hydrogens (tertiary/aromatic N) is 5. The summed E-state index contributed by atoms with van der Waals surface area (Å²) in [6.45, 7) is 1.20. The van der Waals surface area contributed by atoms with Crippen molar-refractivity contribution in [3.63, 3.8) is 0 Å². The van der Waals surface area contributed by atoms with Crippen molar-refractivity contribution in [2.75, 3.05) is 13.1 Å². The van der Waals surface area contributed by atoms with Crippen molar-refractivity contribution in [1.82, 2.24) is 19.7 Å². The number of terminal acetylenes is 1. The van der Waals surface area contributed by atoms with Crippen molar-refractivity contribution in [1.29, 1.82) is 0 Å². The van der Waals surface area contributed by atoms with E-state index in [1.54, 1.807) is 11.9 Å². The van der Waals surface area contributed by atoms with Gasteiger partial charge in [-0.2, -0.15) is 15.3 Å². The van der Waals surface area contributed by atoms with E-state index in [1.807, 2.05) is 0 Å². The van der Waals surface area contributed by atoms with Gasteiger partial charge in [0, 0.05) is 45.8 Å². The van der Waals surface area contributed by atoms with Crippen molar-refractivity contribution < 1.29 is 4.79 Å². The van der Waals surface area contributed by atoms with Gasteiger partial charge in [-0.25, -0.2) is 9.89 Å². The second kappa shape index (κ2) is 5.40. The molecule has 3 rings (SSSR count). The third-order valence-electron chi connectivity index (χ3n) is 4.31. The standard InChI is InChI=1S/C14H18N6O2/c1-3-4-6-14(17-18-14)7-5-11(21)20-8-10(9-20)12-15-16-13(22)19(12)2/h1,10H,4-9H2,2H3,(H,16,22). The molecule has 1 fully saturated rings. The van der Waals surface area contributed by atoms with Crippen molar-refractivity contribution in [3.8, 4) is 12.3 Å². The normalized spacial score (nSPS) is 18.8. The Kier molecular flexibility index (Phi) is 3.56. The summed E-state index contributed by atoms with van der Waals surface area (Å²) in [5.41, 5.74) is -0.634. The maximum Gasteiger partial charge on any atom is 0.343 e. The maximum atomic E-state index is 12.1. The second-order valence-electron chi connectivity index (χ2n) is 5.83. The minimum Gasteiger partial charge on any atom is -0.341 e. The summed E-state index contributed by atoms with van der Waals surface area (Å²) in [5, 5.41) is 14.5. The molecule has 8 heteroatoms. The number of hydrogen-bond donors (Lipinski definition) is 1. The Morgan fingerprint density at radius 1 is 1.45 bits per heavy atom. The van der Waals surface area contributed by atoms with E-state index in [-0.39, 0.29) is 17.5 Å². The molecule has 1 aromatic heterocycles. The minimum absolute atomic E-state index is 0.0918. The highest BCUT2D eigenvalue weighted by Gasteiger charge is 2.41. The SMILES string of the molecule is C#CCCC1(CCC(=O)N2CC(c3n[nH]c(=O)n3C)C2)N=N1. The molecule has 0 bridgehead atoms. The zero-order valence-electron chi connectivity index (χ0n) is 12.4. The van der Waals surface area contributed by atoms with Crippen LogP contribution in [0.15, 0.2) is 15.0 Å². The lowest BCUT2D eigenvalue weighted by molar-refractivity contribution is -0.136. The molecule has 1 amide bonds. The van der Waals surface area contributed by atoms with Crippen molar-refractivity contribution >= 4 is 5.91 Å². The predicted octanol–water partition coefficient (Wildman–Crippen LogP) is 0.390. The molecule has 116 valence electrons. The molecule has 0 saturated carbocycles. The summed E-state index contributed by atoms with van der Waals surface area (Å²) in [6, 6.07) is 0. The molecule has 1 aromatic rings. The fraction of sp³-hybridized carbons (Fsp3) is 0.643. The summed E-state index contributed by atoms with van der Waals surface area (Å²) in [6.07, 6.45) is 7.62. The summed E-state index contributed by atoms with van der Waals surface area (Å²) in [5.74, 6) is 3.49. The predicted molar refractivity (Wildman–Crippen MR) is 78.0 cm³/mol. The number of carbonyl (C=O) groups is 1. The number of nitrogens with one attached hydrogen (secondary N) is 1. The number of likely N-dealkylation sites (tertiary alicyclic amines) is 1. The first-order valence-corrected chi connectivity index (χ1v) is 7.31. The second-order valence-corrected chi connectivity index (χ2v) is 5.83. The lowest BCUT2D eigenvalue weighted by Crippen LogP contribution is -2.49. The first kappa shape index (κ1) is 14.5. The first-order chi connectivity index (χ1) is 10.5. The molecule has 0 spiro atoms. The van der Waals surface area contributed by atoms with Gasteiger partial charge in [0.1, 0.15) is 5.82 Å². The van der Waals surface area contributed by atoms with E-state index in [1.165, 1.54) is 4.57 Å². The quantitative estimate of drug-likeness (QED) is 0.770. The van der Waals surface area contributed by atoms with Crippen LogP contribution in [0.2, 0.25) is 0 Å². The molecule has 0 aromatic carbocycles.